The third-order valence-electron chi connectivity index (χ3n) is 0.933. The summed E-state index contributed by atoms with van der Waals surface area (Å²) in [5.74, 6) is 0. The van der Waals surface area contributed by atoms with Crippen molar-refractivity contribution >= 4 is 0 Å². The molecule has 1 heterocycles. The van der Waals surface area contributed by atoms with E-state index in [1.807, 2.05) is 0 Å². The first kappa shape index (κ1) is 5.03. The van der Waals surface area contributed by atoms with E-state index in [1.54, 1.807) is 25.5 Å². The number of aromatic amines is 1. The second-order valence-electron chi connectivity index (χ2n) is 1.57. The average Bonchev–Trinajstić information content (AvgIpc) is 1.77. The van der Waals surface area contributed by atoms with Gasteiger partial charge in [0.15, 0.2) is 0 Å². The summed E-state index contributed by atoms with van der Waals surface area (Å²) in [6, 6.07) is 1.77. The molecule has 0 amide bonds. The molecule has 0 radical (unpaired) electrons. The van der Waals surface area contributed by atoms with Crippen LogP contribution < -0.4 is 10.3 Å². The van der Waals surface area contributed by atoms with Gasteiger partial charge < -0.3 is 0 Å². The Bertz CT molecular complexity index is 228. The number of hydrogen-bond acceptors (Lipinski definition) is 1. The Morgan fingerprint density at radius 2 is 2.50 bits per heavy atom. The lowest BCUT2D eigenvalue weighted by molar-refractivity contribution is -0.689. The summed E-state index contributed by atoms with van der Waals surface area (Å²) in [4.78, 5) is 13.0. The minimum Gasteiger partial charge on any atom is -0.211 e. The zero-order chi connectivity index (χ0) is 5.98. The molecule has 0 saturated heterocycles. The third kappa shape index (κ3) is 0.753. The topological polar surface area (TPSA) is 36.7 Å². The molecule has 3 nitrogen and oxygen atoms in total. The van der Waals surface area contributed by atoms with Crippen molar-refractivity contribution in [2.24, 2.45) is 7.05 Å². The molecule has 0 unspecified atom stereocenters. The van der Waals surface area contributed by atoms with Crippen LogP contribution in [0.1, 0.15) is 0 Å². The van der Waals surface area contributed by atoms with Gasteiger partial charge in [-0.2, -0.15) is 4.79 Å². The van der Waals surface area contributed by atoms with Gasteiger partial charge in [-0.25, -0.2) is 9.55 Å². The Balaban J connectivity index is 3.35. The van der Waals surface area contributed by atoms with Crippen LogP contribution >= 0.6 is 0 Å². The molecule has 0 aliphatic carbocycles. The zero-order valence-corrected chi connectivity index (χ0v) is 4.59. The van der Waals surface area contributed by atoms with Crippen molar-refractivity contribution in [2.45, 2.75) is 0 Å². The van der Waals surface area contributed by atoms with Crippen molar-refractivity contribution in [2.75, 3.05) is 0 Å². The lowest BCUT2D eigenvalue weighted by atomic mass is 10.7. The van der Waals surface area contributed by atoms with Crippen LogP contribution in [-0.2, 0) is 7.05 Å². The summed E-state index contributed by atoms with van der Waals surface area (Å²) in [6.45, 7) is 0. The highest BCUT2D eigenvalue weighted by Gasteiger charge is 1.90. The predicted molar refractivity (Wildman–Crippen MR) is 28.2 cm³/mol. The fourth-order valence-corrected chi connectivity index (χ4v) is 0.461. The molecule has 0 saturated carbocycles. The molecule has 0 aromatic carbocycles. The molecule has 1 aromatic rings. The maximum atomic E-state index is 10.5. The lowest BCUT2D eigenvalue weighted by Crippen LogP contribution is -2.46. The van der Waals surface area contributed by atoms with E-state index in [4.69, 9.17) is 0 Å². The van der Waals surface area contributed by atoms with E-state index >= 15 is 0 Å². The molecule has 42 valence electrons. The van der Waals surface area contributed by atoms with Gasteiger partial charge in [-0.15, -0.1) is 0 Å². The first-order valence-electron chi connectivity index (χ1n) is 2.34. The van der Waals surface area contributed by atoms with Gasteiger partial charge in [0, 0.05) is 6.07 Å². The standard InChI is InChI=1S/C5H6N2O/c1-7-4-2-3-6-5(7)8/h2-4H,1H3/p+1. The summed E-state index contributed by atoms with van der Waals surface area (Å²) >= 11 is 0. The zero-order valence-electron chi connectivity index (χ0n) is 4.59. The summed E-state index contributed by atoms with van der Waals surface area (Å²) in [7, 11) is 1.69. The molecule has 0 aliphatic rings. The van der Waals surface area contributed by atoms with E-state index in [0.717, 1.165) is 0 Å². The molecule has 8 heavy (non-hydrogen) atoms. The third-order valence-corrected chi connectivity index (χ3v) is 0.933. The molecule has 1 N–H and O–H groups in total. The van der Waals surface area contributed by atoms with Gasteiger partial charge in [0.1, 0.15) is 0 Å². The number of aryl methyl sites for hydroxylation is 1. The maximum Gasteiger partial charge on any atom is 0.495 e. The van der Waals surface area contributed by atoms with Crippen LogP contribution in [0.2, 0.25) is 0 Å². The summed E-state index contributed by atoms with van der Waals surface area (Å²) in [5, 5.41) is 0. The monoisotopic (exact) mass is 111 g/mol. The number of nitrogens with zero attached hydrogens (tertiary/aromatic N) is 1. The SMILES string of the molecule is C[n+]1ccc[nH]c1=O. The summed E-state index contributed by atoms with van der Waals surface area (Å²) in [5.41, 5.74) is -0.0903. The van der Waals surface area contributed by atoms with Crippen LogP contribution in [0.25, 0.3) is 0 Å². The van der Waals surface area contributed by atoms with Crippen LogP contribution in [-0.4, -0.2) is 4.98 Å². The Morgan fingerprint density at radius 3 is 2.88 bits per heavy atom. The van der Waals surface area contributed by atoms with E-state index in [2.05, 4.69) is 4.98 Å². The molecule has 0 atom stereocenters. The van der Waals surface area contributed by atoms with Gasteiger partial charge >= 0.3 is 5.69 Å². The Kier molecular flexibility index (Phi) is 1.12. The van der Waals surface area contributed by atoms with Crippen molar-refractivity contribution in [3.8, 4) is 0 Å². The van der Waals surface area contributed by atoms with E-state index in [-0.39, 0.29) is 5.69 Å². The van der Waals surface area contributed by atoms with E-state index in [9.17, 15) is 4.79 Å². The van der Waals surface area contributed by atoms with Gasteiger partial charge in [0.05, 0.1) is 19.4 Å². The number of aromatic nitrogens is 2. The van der Waals surface area contributed by atoms with Crippen LogP contribution in [0.5, 0.6) is 0 Å². The molecule has 3 heteroatoms. The van der Waals surface area contributed by atoms with Crippen molar-refractivity contribution in [3.05, 3.63) is 28.9 Å². The Morgan fingerprint density at radius 1 is 1.75 bits per heavy atom. The normalized spacial score (nSPS) is 9.12. The molecular formula is C5H7N2O+. The van der Waals surface area contributed by atoms with Crippen LogP contribution in [0.15, 0.2) is 23.3 Å². The number of H-pyrrole nitrogens is 1. The smallest absolute Gasteiger partial charge is 0.211 e. The summed E-state index contributed by atoms with van der Waals surface area (Å²) < 4.78 is 1.47. The molecule has 0 aliphatic heterocycles. The maximum absolute atomic E-state index is 10.5. The minimum absolute atomic E-state index is 0.0903. The van der Waals surface area contributed by atoms with Gasteiger partial charge in [-0.3, -0.25) is 0 Å². The average molecular weight is 111 g/mol. The minimum atomic E-state index is -0.0903. The lowest BCUT2D eigenvalue weighted by Gasteiger charge is -1.79. The Labute approximate surface area is 46.6 Å². The molecule has 0 bridgehead atoms. The van der Waals surface area contributed by atoms with E-state index in [1.165, 1.54) is 4.57 Å². The number of hydrogen-bond donors (Lipinski definition) is 1. The predicted octanol–water partition coefficient (Wildman–Crippen LogP) is -0.801. The fraction of sp³-hybridized carbons (Fsp3) is 0.200. The highest BCUT2D eigenvalue weighted by atomic mass is 16.1. The number of rotatable bonds is 0. The largest absolute Gasteiger partial charge is 0.495 e. The molecular weight excluding hydrogens is 104 g/mol. The molecule has 1 aromatic heterocycles. The van der Waals surface area contributed by atoms with Crippen LogP contribution in [0.3, 0.4) is 0 Å². The van der Waals surface area contributed by atoms with Crippen molar-refractivity contribution in [3.63, 3.8) is 0 Å². The summed E-state index contributed by atoms with van der Waals surface area (Å²) in [6.07, 6.45) is 3.29. The molecule has 0 fully saturated rings. The van der Waals surface area contributed by atoms with Gasteiger partial charge in [-0.1, -0.05) is 0 Å². The molecule has 0 spiro atoms. The quantitative estimate of drug-likeness (QED) is 0.437. The van der Waals surface area contributed by atoms with Crippen molar-refractivity contribution in [1.82, 2.24) is 4.98 Å². The van der Waals surface area contributed by atoms with E-state index < -0.39 is 0 Å². The van der Waals surface area contributed by atoms with Gasteiger partial charge in [-0.05, 0) is 0 Å². The first-order chi connectivity index (χ1) is 3.80. The van der Waals surface area contributed by atoms with Crippen molar-refractivity contribution in [1.29, 1.82) is 0 Å². The van der Waals surface area contributed by atoms with Crippen LogP contribution in [0, 0.1) is 0 Å². The highest BCUT2D eigenvalue weighted by molar-refractivity contribution is 4.69. The fourth-order valence-electron chi connectivity index (χ4n) is 0.461. The highest BCUT2D eigenvalue weighted by Crippen LogP contribution is 1.59. The van der Waals surface area contributed by atoms with Gasteiger partial charge in [0.2, 0.25) is 0 Å². The van der Waals surface area contributed by atoms with Crippen LogP contribution in [0.4, 0.5) is 0 Å². The van der Waals surface area contributed by atoms with Crippen molar-refractivity contribution < 1.29 is 4.57 Å². The second-order valence-corrected chi connectivity index (χ2v) is 1.57. The van der Waals surface area contributed by atoms with E-state index in [0.29, 0.717) is 0 Å². The molecule has 1 rings (SSSR count). The second kappa shape index (κ2) is 1.78. The first-order valence-corrected chi connectivity index (χ1v) is 2.34. The number of nitrogens with one attached hydrogen (secondary N) is 1. The van der Waals surface area contributed by atoms with Gasteiger partial charge in [0.25, 0.3) is 0 Å². The Hall–Kier alpha value is -1.12.